The lowest BCUT2D eigenvalue weighted by molar-refractivity contribution is -0.150. The fourth-order valence-electron chi connectivity index (χ4n) is 6.82. The van der Waals surface area contributed by atoms with E-state index in [9.17, 15) is 33.9 Å². The number of carboxylic acid groups (broad SMARTS) is 1. The lowest BCUT2D eigenvalue weighted by Gasteiger charge is -2.39. The first-order valence-electron chi connectivity index (χ1n) is 18.6. The highest BCUT2D eigenvalue weighted by Gasteiger charge is 2.51. The van der Waals surface area contributed by atoms with E-state index in [0.717, 1.165) is 12.5 Å². The molecule has 2 aliphatic rings. The molecular weight excluding hydrogens is 729 g/mol. The zero-order valence-corrected chi connectivity index (χ0v) is 31.4. The fourth-order valence-corrected chi connectivity index (χ4v) is 6.82. The summed E-state index contributed by atoms with van der Waals surface area (Å²) in [4.78, 5) is 83.9. The summed E-state index contributed by atoms with van der Waals surface area (Å²) < 4.78 is 22.4. The summed E-state index contributed by atoms with van der Waals surface area (Å²) in [7, 11) is 0. The minimum Gasteiger partial charge on any atom is -0.477 e. The molecule has 2 fully saturated rings. The molecule has 18 heteroatoms. The van der Waals surface area contributed by atoms with Gasteiger partial charge in [0, 0.05) is 63.1 Å². The number of nitrogens with one attached hydrogen (secondary N) is 3. The normalized spacial score (nSPS) is 15.3. The molecule has 56 heavy (non-hydrogen) atoms. The molecule has 1 saturated heterocycles. The molecule has 1 saturated carbocycles. The Balaban J connectivity index is 1.15. The van der Waals surface area contributed by atoms with E-state index in [1.165, 1.54) is 17.2 Å². The number of carbonyl (C=O) groups is 5. The van der Waals surface area contributed by atoms with Crippen LogP contribution in [0.1, 0.15) is 61.9 Å². The SMILES string of the molecule is CCNC(=O)C1(C(=O)N[C@@H](CCCN=C(N)N)C(=O)Nc2ccc(COC(=O)N3CCN(c4cc5c(cc4F)c(=O)c(C(=O)O)cn5CC)CC3)cc2)CCC1. The van der Waals surface area contributed by atoms with E-state index in [-0.39, 0.29) is 68.7 Å². The van der Waals surface area contributed by atoms with Crippen LogP contribution in [0.15, 0.2) is 52.4 Å². The lowest BCUT2D eigenvalue weighted by atomic mass is 9.67. The van der Waals surface area contributed by atoms with Gasteiger partial charge in [-0.2, -0.15) is 0 Å². The maximum atomic E-state index is 15.3. The average Bonchev–Trinajstić information content (AvgIpc) is 3.15. The molecule has 1 aliphatic heterocycles. The van der Waals surface area contributed by atoms with E-state index in [1.807, 2.05) is 0 Å². The molecule has 300 valence electrons. The van der Waals surface area contributed by atoms with Gasteiger partial charge in [-0.1, -0.05) is 18.6 Å². The number of carboxylic acids is 1. The van der Waals surface area contributed by atoms with Crippen molar-refractivity contribution in [1.82, 2.24) is 20.1 Å². The average molecular weight is 778 g/mol. The zero-order chi connectivity index (χ0) is 40.6. The van der Waals surface area contributed by atoms with Gasteiger partial charge in [-0.15, -0.1) is 0 Å². The van der Waals surface area contributed by atoms with Crippen molar-refractivity contribution in [3.05, 3.63) is 69.8 Å². The number of amides is 4. The summed E-state index contributed by atoms with van der Waals surface area (Å²) in [6, 6.07) is 8.28. The molecule has 0 spiro atoms. The van der Waals surface area contributed by atoms with Crippen molar-refractivity contribution in [2.75, 3.05) is 49.5 Å². The van der Waals surface area contributed by atoms with E-state index >= 15 is 4.39 Å². The number of rotatable bonds is 15. The number of hydrogen-bond donors (Lipinski definition) is 6. The Kier molecular flexibility index (Phi) is 13.1. The van der Waals surface area contributed by atoms with Gasteiger partial charge in [0.1, 0.15) is 29.4 Å². The topological polar surface area (TPSA) is 244 Å². The van der Waals surface area contributed by atoms with Crippen LogP contribution in [0, 0.1) is 11.2 Å². The van der Waals surface area contributed by atoms with Crippen LogP contribution >= 0.6 is 0 Å². The Morgan fingerprint density at radius 1 is 1.02 bits per heavy atom. The molecule has 0 radical (unpaired) electrons. The number of hydrogen-bond acceptors (Lipinski definition) is 9. The number of nitrogens with zero attached hydrogens (tertiary/aromatic N) is 4. The Hall–Kier alpha value is -6.20. The zero-order valence-electron chi connectivity index (χ0n) is 31.4. The first kappa shape index (κ1) is 41.0. The van der Waals surface area contributed by atoms with E-state index < -0.39 is 52.1 Å². The number of halogens is 1. The van der Waals surface area contributed by atoms with Crippen LogP contribution < -0.4 is 37.7 Å². The highest BCUT2D eigenvalue weighted by molar-refractivity contribution is 6.08. The van der Waals surface area contributed by atoms with E-state index in [0.29, 0.717) is 49.1 Å². The highest BCUT2D eigenvalue weighted by atomic mass is 19.1. The Labute approximate surface area is 322 Å². The van der Waals surface area contributed by atoms with Gasteiger partial charge in [-0.25, -0.2) is 14.0 Å². The molecule has 2 aromatic carbocycles. The largest absolute Gasteiger partial charge is 0.477 e. The summed E-state index contributed by atoms with van der Waals surface area (Å²) in [6.45, 7) is 5.57. The van der Waals surface area contributed by atoms with Crippen LogP contribution in [0.5, 0.6) is 0 Å². The molecule has 2 heterocycles. The summed E-state index contributed by atoms with van der Waals surface area (Å²) in [6.07, 6.45) is 2.82. The Morgan fingerprint density at radius 3 is 2.30 bits per heavy atom. The highest BCUT2D eigenvalue weighted by Crippen LogP contribution is 2.41. The molecule has 0 bridgehead atoms. The number of benzene rings is 2. The Morgan fingerprint density at radius 2 is 1.71 bits per heavy atom. The lowest BCUT2D eigenvalue weighted by Crippen LogP contribution is -2.58. The van der Waals surface area contributed by atoms with E-state index in [4.69, 9.17) is 16.2 Å². The van der Waals surface area contributed by atoms with E-state index in [2.05, 4.69) is 20.9 Å². The van der Waals surface area contributed by atoms with Crippen LogP contribution in [0.2, 0.25) is 0 Å². The van der Waals surface area contributed by atoms with Crippen molar-refractivity contribution in [2.24, 2.45) is 21.9 Å². The maximum Gasteiger partial charge on any atom is 0.410 e. The van der Waals surface area contributed by atoms with Crippen molar-refractivity contribution in [1.29, 1.82) is 0 Å². The van der Waals surface area contributed by atoms with Gasteiger partial charge in [0.25, 0.3) is 0 Å². The first-order chi connectivity index (χ1) is 26.8. The van der Waals surface area contributed by atoms with Gasteiger partial charge < -0.3 is 51.6 Å². The summed E-state index contributed by atoms with van der Waals surface area (Å²) in [5.74, 6) is -3.48. The molecule has 17 nitrogen and oxygen atoms in total. The number of aryl methyl sites for hydroxylation is 1. The fraction of sp³-hybridized carbons (Fsp3) is 0.447. The van der Waals surface area contributed by atoms with Crippen molar-refractivity contribution in [3.8, 4) is 0 Å². The van der Waals surface area contributed by atoms with Crippen LogP contribution in [0.3, 0.4) is 0 Å². The second-order valence-corrected chi connectivity index (χ2v) is 13.8. The smallest absolute Gasteiger partial charge is 0.410 e. The minimum absolute atomic E-state index is 0.0223. The number of aliphatic imine (C=N–C) groups is 1. The second kappa shape index (κ2) is 18.0. The predicted molar refractivity (Wildman–Crippen MR) is 207 cm³/mol. The number of carbonyl (C=O) groups excluding carboxylic acids is 4. The number of aromatic carboxylic acids is 1. The van der Waals surface area contributed by atoms with Gasteiger partial charge in [0.15, 0.2) is 5.96 Å². The monoisotopic (exact) mass is 777 g/mol. The third-order valence-corrected chi connectivity index (χ3v) is 10.2. The van der Waals surface area contributed by atoms with Crippen molar-refractivity contribution >= 4 is 58.0 Å². The maximum absolute atomic E-state index is 15.3. The molecule has 1 aliphatic carbocycles. The standard InChI is InChI=1S/C38H48FN9O8/c1-3-42-34(53)38(12-6-13-38)35(54)45-28(7-5-14-43-36(40)41)32(50)44-24-10-8-23(9-11-24)22-56-37(55)48-17-15-47(16-18-48)30-20-29-25(19-27(30)39)31(49)26(33(51)52)21-46(29)4-2/h8-11,19-21,28H,3-7,12-18,22H2,1-2H3,(H,42,53)(H,44,50)(H,45,54)(H,51,52)(H4,40,41,43)/t28-/m0/s1. The number of piperazine rings is 1. The molecular formula is C38H48FN9O8. The minimum atomic E-state index is -1.38. The third-order valence-electron chi connectivity index (χ3n) is 10.2. The molecule has 0 unspecified atom stereocenters. The van der Waals surface area contributed by atoms with Gasteiger partial charge in [0.2, 0.25) is 23.2 Å². The summed E-state index contributed by atoms with van der Waals surface area (Å²) in [5.41, 5.74) is 10.2. The molecule has 8 N–H and O–H groups in total. The number of aromatic nitrogens is 1. The third kappa shape index (κ3) is 9.18. The molecule has 3 aromatic rings. The van der Waals surface area contributed by atoms with Gasteiger partial charge in [-0.3, -0.25) is 24.2 Å². The Bertz CT molecular complexity index is 2050. The number of fused-ring (bicyclic) bond motifs is 1. The number of pyridine rings is 1. The van der Waals surface area contributed by atoms with Crippen LogP contribution in [-0.2, 0) is 32.3 Å². The number of ether oxygens (including phenoxy) is 1. The second-order valence-electron chi connectivity index (χ2n) is 13.8. The number of nitrogens with two attached hydrogens (primary N) is 2. The van der Waals surface area contributed by atoms with Gasteiger partial charge in [-0.05, 0) is 69.4 Å². The van der Waals surface area contributed by atoms with Crippen LogP contribution in [0.4, 0.5) is 20.6 Å². The quantitative estimate of drug-likeness (QED) is 0.0565. The number of guanidine groups is 1. The van der Waals surface area contributed by atoms with E-state index in [1.54, 1.807) is 47.6 Å². The summed E-state index contributed by atoms with van der Waals surface area (Å²) >= 11 is 0. The molecule has 5 rings (SSSR count). The van der Waals surface area contributed by atoms with Crippen molar-refractivity contribution in [3.63, 3.8) is 0 Å². The summed E-state index contributed by atoms with van der Waals surface area (Å²) in [5, 5.41) is 17.7. The molecule has 4 amide bonds. The van der Waals surface area contributed by atoms with Crippen molar-refractivity contribution in [2.45, 2.75) is 65.1 Å². The van der Waals surface area contributed by atoms with Crippen molar-refractivity contribution < 1.29 is 38.2 Å². The number of anilines is 2. The molecule has 1 aromatic heterocycles. The first-order valence-corrected chi connectivity index (χ1v) is 18.6. The van der Waals surface area contributed by atoms with Crippen LogP contribution in [0.25, 0.3) is 10.9 Å². The van der Waals surface area contributed by atoms with Crippen LogP contribution in [-0.4, -0.2) is 95.6 Å². The predicted octanol–water partition coefficient (Wildman–Crippen LogP) is 2.10. The molecule has 1 atom stereocenters. The van der Waals surface area contributed by atoms with Gasteiger partial charge in [0.05, 0.1) is 11.2 Å². The van der Waals surface area contributed by atoms with Gasteiger partial charge >= 0.3 is 12.1 Å².